The third-order valence-corrected chi connectivity index (χ3v) is 2.93. The lowest BCUT2D eigenvalue weighted by atomic mass is 10.1. The van der Waals surface area contributed by atoms with E-state index in [1.807, 2.05) is 0 Å². The maximum atomic E-state index is 11.7. The third kappa shape index (κ3) is 6.03. The molecular formula is C15H20N2O7. The molecule has 0 aliphatic carbocycles. The van der Waals surface area contributed by atoms with Crippen LogP contribution in [0.3, 0.4) is 0 Å². The minimum atomic E-state index is -0.869. The summed E-state index contributed by atoms with van der Waals surface area (Å²) in [6.07, 6.45) is 3.27. The molecule has 0 saturated carbocycles. The van der Waals surface area contributed by atoms with Gasteiger partial charge in [-0.15, -0.1) is 10.1 Å². The third-order valence-electron chi connectivity index (χ3n) is 2.93. The van der Waals surface area contributed by atoms with Crippen molar-refractivity contribution in [2.75, 3.05) is 34.5 Å². The Balaban J connectivity index is 2.63. The van der Waals surface area contributed by atoms with Crippen LogP contribution in [-0.4, -0.2) is 45.5 Å². The molecule has 0 saturated heterocycles. The van der Waals surface area contributed by atoms with Crippen molar-refractivity contribution < 1.29 is 28.9 Å². The van der Waals surface area contributed by atoms with E-state index in [0.29, 0.717) is 29.2 Å². The van der Waals surface area contributed by atoms with Crippen LogP contribution < -0.4 is 19.5 Å². The van der Waals surface area contributed by atoms with Crippen LogP contribution in [0.4, 0.5) is 0 Å². The van der Waals surface area contributed by atoms with Crippen molar-refractivity contribution in [3.63, 3.8) is 0 Å². The fourth-order valence-electron chi connectivity index (χ4n) is 1.85. The van der Waals surface area contributed by atoms with Crippen molar-refractivity contribution in [3.05, 3.63) is 33.9 Å². The zero-order chi connectivity index (χ0) is 17.9. The van der Waals surface area contributed by atoms with E-state index in [1.165, 1.54) is 27.4 Å². The Morgan fingerprint density at radius 1 is 1.21 bits per heavy atom. The van der Waals surface area contributed by atoms with E-state index in [4.69, 9.17) is 14.2 Å². The Bertz CT molecular complexity index is 576. The lowest BCUT2D eigenvalue weighted by molar-refractivity contribution is -0.757. The maximum Gasteiger partial charge on any atom is 0.294 e. The quantitative estimate of drug-likeness (QED) is 0.297. The average Bonchev–Trinajstić information content (AvgIpc) is 2.58. The van der Waals surface area contributed by atoms with E-state index in [-0.39, 0.29) is 19.1 Å². The highest BCUT2D eigenvalue weighted by molar-refractivity contribution is 5.91. The monoisotopic (exact) mass is 340 g/mol. The van der Waals surface area contributed by atoms with Crippen molar-refractivity contribution >= 4 is 12.0 Å². The molecule has 132 valence electrons. The first-order chi connectivity index (χ1) is 11.5. The summed E-state index contributed by atoms with van der Waals surface area (Å²) in [5, 5.41) is 11.7. The highest BCUT2D eigenvalue weighted by Crippen LogP contribution is 2.38. The van der Waals surface area contributed by atoms with Gasteiger partial charge in [-0.3, -0.25) is 4.79 Å². The van der Waals surface area contributed by atoms with E-state index < -0.39 is 5.09 Å². The predicted octanol–water partition coefficient (Wildman–Crippen LogP) is 1.44. The zero-order valence-corrected chi connectivity index (χ0v) is 13.7. The minimum Gasteiger partial charge on any atom is -0.493 e. The van der Waals surface area contributed by atoms with Crippen molar-refractivity contribution in [1.29, 1.82) is 0 Å². The van der Waals surface area contributed by atoms with Crippen LogP contribution in [0.25, 0.3) is 6.08 Å². The molecule has 0 spiro atoms. The Labute approximate surface area is 139 Å². The molecule has 1 aromatic carbocycles. The highest BCUT2D eigenvalue weighted by Gasteiger charge is 2.12. The summed E-state index contributed by atoms with van der Waals surface area (Å²) in [7, 11) is 4.51. The van der Waals surface area contributed by atoms with Gasteiger partial charge in [-0.2, -0.15) is 0 Å². The Kier molecular flexibility index (Phi) is 7.89. The number of nitrogens with one attached hydrogen (secondary N) is 1. The molecule has 9 nitrogen and oxygen atoms in total. The van der Waals surface area contributed by atoms with Crippen molar-refractivity contribution in [3.8, 4) is 17.2 Å². The summed E-state index contributed by atoms with van der Waals surface area (Å²) in [5.41, 5.74) is 0.691. The fraction of sp³-hybridized carbons (Fsp3) is 0.400. The maximum absolute atomic E-state index is 11.7. The van der Waals surface area contributed by atoms with Crippen LogP contribution in [0.5, 0.6) is 17.2 Å². The number of carbonyl (C=O) groups excluding carboxylic acids is 1. The van der Waals surface area contributed by atoms with E-state index in [2.05, 4.69) is 10.2 Å². The molecule has 9 heteroatoms. The van der Waals surface area contributed by atoms with Crippen LogP contribution in [-0.2, 0) is 9.63 Å². The van der Waals surface area contributed by atoms with Crippen LogP contribution in [0, 0.1) is 10.1 Å². The van der Waals surface area contributed by atoms with E-state index in [0.717, 1.165) is 0 Å². The molecule has 0 aliphatic heterocycles. The molecule has 1 aromatic rings. The fourth-order valence-corrected chi connectivity index (χ4v) is 1.85. The van der Waals surface area contributed by atoms with Gasteiger partial charge in [0, 0.05) is 12.6 Å². The number of hydrogen-bond donors (Lipinski definition) is 1. The first-order valence-corrected chi connectivity index (χ1v) is 7.05. The lowest BCUT2D eigenvalue weighted by Gasteiger charge is -2.12. The van der Waals surface area contributed by atoms with Gasteiger partial charge < -0.3 is 24.4 Å². The van der Waals surface area contributed by atoms with Gasteiger partial charge >= 0.3 is 0 Å². The smallest absolute Gasteiger partial charge is 0.294 e. The van der Waals surface area contributed by atoms with Gasteiger partial charge in [0.2, 0.25) is 11.7 Å². The van der Waals surface area contributed by atoms with Gasteiger partial charge in [-0.25, -0.2) is 0 Å². The van der Waals surface area contributed by atoms with Crippen LogP contribution in [0.2, 0.25) is 0 Å². The number of methoxy groups -OCH3 is 3. The van der Waals surface area contributed by atoms with E-state index in [1.54, 1.807) is 18.2 Å². The summed E-state index contributed by atoms with van der Waals surface area (Å²) in [5.74, 6) is 1.10. The van der Waals surface area contributed by atoms with Crippen molar-refractivity contribution in [2.24, 2.45) is 0 Å². The van der Waals surface area contributed by atoms with Gasteiger partial charge in [0.05, 0.1) is 27.9 Å². The first-order valence-electron chi connectivity index (χ1n) is 7.05. The predicted molar refractivity (Wildman–Crippen MR) is 85.7 cm³/mol. The largest absolute Gasteiger partial charge is 0.493 e. The number of benzene rings is 1. The minimum absolute atomic E-state index is 0.0656. The molecule has 0 fully saturated rings. The molecule has 0 heterocycles. The normalized spacial score (nSPS) is 10.3. The molecule has 0 aromatic heterocycles. The molecule has 1 N–H and O–H groups in total. The summed E-state index contributed by atoms with van der Waals surface area (Å²) in [6, 6.07) is 3.41. The van der Waals surface area contributed by atoms with Crippen molar-refractivity contribution in [2.45, 2.75) is 6.42 Å². The standard InChI is InChI=1S/C15H20N2O7/c1-21-12-9-11(10-13(22-2)15(12)23-3)5-6-14(18)16-7-4-8-24-17(19)20/h5-6,9-10H,4,7-8H2,1-3H3,(H,16,18). The second-order valence-electron chi connectivity index (χ2n) is 4.49. The number of amides is 1. The molecular weight excluding hydrogens is 320 g/mol. The van der Waals surface area contributed by atoms with Crippen molar-refractivity contribution in [1.82, 2.24) is 5.32 Å². The molecule has 0 atom stereocenters. The lowest BCUT2D eigenvalue weighted by Crippen LogP contribution is -2.23. The van der Waals surface area contributed by atoms with Crippen LogP contribution in [0.1, 0.15) is 12.0 Å². The Morgan fingerprint density at radius 3 is 2.33 bits per heavy atom. The van der Waals surface area contributed by atoms with E-state index in [9.17, 15) is 14.9 Å². The second-order valence-corrected chi connectivity index (χ2v) is 4.49. The number of ether oxygens (including phenoxy) is 3. The number of nitrogens with zero attached hydrogens (tertiary/aromatic N) is 1. The van der Waals surface area contributed by atoms with Gasteiger partial charge in [-0.1, -0.05) is 0 Å². The summed E-state index contributed by atoms with van der Waals surface area (Å²) >= 11 is 0. The molecule has 0 aliphatic rings. The second kappa shape index (κ2) is 9.93. The van der Waals surface area contributed by atoms with Gasteiger partial charge in [0.25, 0.3) is 5.09 Å². The Morgan fingerprint density at radius 2 is 1.83 bits per heavy atom. The molecule has 0 bridgehead atoms. The summed E-state index contributed by atoms with van der Waals surface area (Å²) in [4.78, 5) is 25.8. The highest BCUT2D eigenvalue weighted by atomic mass is 16.9. The number of rotatable bonds is 10. The molecule has 0 radical (unpaired) electrons. The zero-order valence-electron chi connectivity index (χ0n) is 13.7. The first kappa shape index (κ1) is 19.1. The van der Waals surface area contributed by atoms with Crippen LogP contribution in [0.15, 0.2) is 18.2 Å². The average molecular weight is 340 g/mol. The van der Waals surface area contributed by atoms with Gasteiger partial charge in [-0.05, 0) is 30.2 Å². The molecule has 24 heavy (non-hydrogen) atoms. The summed E-state index contributed by atoms with van der Waals surface area (Å²) < 4.78 is 15.7. The molecule has 1 rings (SSSR count). The Hall–Kier alpha value is -2.97. The molecule has 0 unspecified atom stereocenters. The van der Waals surface area contributed by atoms with Gasteiger partial charge in [0.1, 0.15) is 0 Å². The summed E-state index contributed by atoms with van der Waals surface area (Å²) in [6.45, 7) is 0.205. The molecule has 1 amide bonds. The van der Waals surface area contributed by atoms with Crippen LogP contribution >= 0.6 is 0 Å². The number of carbonyl (C=O) groups is 1. The van der Waals surface area contributed by atoms with Gasteiger partial charge in [0.15, 0.2) is 11.5 Å². The van der Waals surface area contributed by atoms with E-state index >= 15 is 0 Å². The SMILES string of the molecule is COc1cc(C=CC(=O)NCCCO[N+](=O)[O-])cc(OC)c1OC. The number of hydrogen-bond acceptors (Lipinski definition) is 7. The topological polar surface area (TPSA) is 109 Å².